The Labute approximate surface area is 73.8 Å². The summed E-state index contributed by atoms with van der Waals surface area (Å²) in [6.45, 7) is 6.44. The third-order valence-electron chi connectivity index (χ3n) is 3.92. The van der Waals surface area contributed by atoms with Gasteiger partial charge in [-0.1, -0.05) is 19.9 Å². The molecule has 0 N–H and O–H groups in total. The van der Waals surface area contributed by atoms with Crippen LogP contribution in [0.25, 0.3) is 0 Å². The average molecular weight is 164 g/mol. The van der Waals surface area contributed by atoms with Crippen LogP contribution in [-0.4, -0.2) is 5.78 Å². The number of rotatable bonds is 0. The van der Waals surface area contributed by atoms with Crippen molar-refractivity contribution in [3.05, 3.63) is 11.6 Å². The van der Waals surface area contributed by atoms with Gasteiger partial charge in [-0.15, -0.1) is 0 Å². The topological polar surface area (TPSA) is 17.1 Å². The lowest BCUT2D eigenvalue weighted by Crippen LogP contribution is -2.53. The molecule has 0 heterocycles. The monoisotopic (exact) mass is 164 g/mol. The molecule has 0 aromatic carbocycles. The number of Topliss-reactive ketones (excluding diaryl/α,β-unsaturated/α-hetero) is 1. The smallest absolute Gasteiger partial charge is 0.162 e. The highest BCUT2D eigenvalue weighted by molar-refractivity contribution is 5.99. The molecule has 66 valence electrons. The van der Waals surface area contributed by atoms with E-state index in [0.29, 0.717) is 17.1 Å². The quantitative estimate of drug-likeness (QED) is 0.503. The summed E-state index contributed by atoms with van der Waals surface area (Å²) in [7, 11) is 0. The molecule has 1 nitrogen and oxygen atoms in total. The maximum absolute atomic E-state index is 11.7. The molecule has 0 unspecified atom stereocenters. The summed E-state index contributed by atoms with van der Waals surface area (Å²) in [6, 6.07) is 0. The lowest BCUT2D eigenvalue weighted by atomic mass is 9.47. The Morgan fingerprint density at radius 1 is 1.50 bits per heavy atom. The van der Waals surface area contributed by atoms with Crippen LogP contribution in [0.3, 0.4) is 0 Å². The Hall–Kier alpha value is -0.590. The van der Waals surface area contributed by atoms with Gasteiger partial charge in [0.25, 0.3) is 0 Å². The van der Waals surface area contributed by atoms with E-state index in [9.17, 15) is 4.79 Å². The highest BCUT2D eigenvalue weighted by Gasteiger charge is 2.55. The summed E-state index contributed by atoms with van der Waals surface area (Å²) >= 11 is 0. The molecule has 12 heavy (non-hydrogen) atoms. The van der Waals surface area contributed by atoms with E-state index in [1.54, 1.807) is 0 Å². The van der Waals surface area contributed by atoms with Crippen LogP contribution >= 0.6 is 0 Å². The highest BCUT2D eigenvalue weighted by atomic mass is 16.1. The fraction of sp³-hybridized carbons (Fsp3) is 0.727. The molecule has 0 aromatic rings. The summed E-state index contributed by atoms with van der Waals surface area (Å²) in [5.74, 6) is 1.53. The molecule has 1 heteroatoms. The molecule has 0 radical (unpaired) electrons. The van der Waals surface area contributed by atoms with E-state index in [-0.39, 0.29) is 0 Å². The van der Waals surface area contributed by atoms with E-state index in [0.717, 1.165) is 24.3 Å². The van der Waals surface area contributed by atoms with Gasteiger partial charge in [-0.3, -0.25) is 4.79 Å². The zero-order chi connectivity index (χ0) is 8.93. The van der Waals surface area contributed by atoms with Gasteiger partial charge in [0.05, 0.1) is 0 Å². The molecule has 0 amide bonds. The first kappa shape index (κ1) is 8.03. The van der Waals surface area contributed by atoms with Crippen molar-refractivity contribution >= 4 is 5.78 Å². The van der Waals surface area contributed by atoms with E-state index in [1.165, 1.54) is 0 Å². The standard InChI is InChI=1S/C11H16O/c1-4-7-5-8-6-9(10(7)12)11(8,2)3/h4,8-9H,5-6H2,1-3H3/b7-4+/t8-,9-/m0/s1. The third kappa shape index (κ3) is 0.769. The molecule has 3 saturated carbocycles. The molecule has 0 aromatic heterocycles. The molecule has 2 bridgehead atoms. The van der Waals surface area contributed by atoms with Gasteiger partial charge < -0.3 is 0 Å². The molecule has 0 aliphatic heterocycles. The minimum atomic E-state index is 0.295. The van der Waals surface area contributed by atoms with Crippen LogP contribution in [0.2, 0.25) is 0 Å². The third-order valence-corrected chi connectivity index (χ3v) is 3.92. The van der Waals surface area contributed by atoms with Gasteiger partial charge >= 0.3 is 0 Å². The van der Waals surface area contributed by atoms with E-state index in [4.69, 9.17) is 0 Å². The predicted molar refractivity (Wildman–Crippen MR) is 48.8 cm³/mol. The summed E-state index contributed by atoms with van der Waals surface area (Å²) in [6.07, 6.45) is 4.17. The summed E-state index contributed by atoms with van der Waals surface area (Å²) < 4.78 is 0. The summed E-state index contributed by atoms with van der Waals surface area (Å²) in [5.41, 5.74) is 1.37. The van der Waals surface area contributed by atoms with E-state index in [2.05, 4.69) is 13.8 Å². The zero-order valence-corrected chi connectivity index (χ0v) is 8.05. The van der Waals surface area contributed by atoms with Crippen molar-refractivity contribution in [1.82, 2.24) is 0 Å². The Kier molecular flexibility index (Phi) is 1.48. The number of ketones is 1. The van der Waals surface area contributed by atoms with Crippen LogP contribution in [0.1, 0.15) is 33.6 Å². The van der Waals surface area contributed by atoms with Crippen molar-refractivity contribution < 1.29 is 4.79 Å². The number of fused-ring (bicyclic) bond motifs is 2. The first-order valence-electron chi connectivity index (χ1n) is 4.76. The molecule has 3 fully saturated rings. The van der Waals surface area contributed by atoms with Gasteiger partial charge in [0.2, 0.25) is 0 Å². The molecule has 0 saturated heterocycles. The molecule has 3 aliphatic carbocycles. The lowest BCUT2D eigenvalue weighted by molar-refractivity contribution is -0.140. The van der Waals surface area contributed by atoms with E-state index in [1.807, 2.05) is 13.0 Å². The fourth-order valence-corrected chi connectivity index (χ4v) is 2.66. The SMILES string of the molecule is C/C=C1\C[C@H]2C[C@@H](C1=O)C2(C)C. The van der Waals surface area contributed by atoms with E-state index < -0.39 is 0 Å². The summed E-state index contributed by atoms with van der Waals surface area (Å²) in [4.78, 5) is 11.7. The normalized spacial score (nSPS) is 41.2. The number of allylic oxidation sites excluding steroid dienone is 2. The molecule has 2 atom stereocenters. The van der Waals surface area contributed by atoms with E-state index >= 15 is 0 Å². The maximum atomic E-state index is 11.7. The largest absolute Gasteiger partial charge is 0.294 e. The Morgan fingerprint density at radius 3 is 2.58 bits per heavy atom. The fourth-order valence-electron chi connectivity index (χ4n) is 2.66. The van der Waals surface area contributed by atoms with Crippen LogP contribution in [0.4, 0.5) is 0 Å². The van der Waals surface area contributed by atoms with Gasteiger partial charge in [-0.05, 0) is 36.7 Å². The Balaban J connectivity index is 2.28. The molecule has 3 rings (SSSR count). The van der Waals surface area contributed by atoms with Gasteiger partial charge in [0.15, 0.2) is 5.78 Å². The average Bonchev–Trinajstić information content (AvgIpc) is 2.03. The van der Waals surface area contributed by atoms with Crippen molar-refractivity contribution in [2.45, 2.75) is 33.6 Å². The number of carbonyl (C=O) groups is 1. The Morgan fingerprint density at radius 2 is 2.17 bits per heavy atom. The second-order valence-corrected chi connectivity index (χ2v) is 4.69. The van der Waals surface area contributed by atoms with Crippen molar-refractivity contribution in [2.24, 2.45) is 17.3 Å². The maximum Gasteiger partial charge on any atom is 0.162 e. The van der Waals surface area contributed by atoms with Crippen molar-refractivity contribution in [3.63, 3.8) is 0 Å². The van der Waals surface area contributed by atoms with Crippen LogP contribution in [0.5, 0.6) is 0 Å². The van der Waals surface area contributed by atoms with Crippen LogP contribution in [0, 0.1) is 17.3 Å². The van der Waals surface area contributed by atoms with Crippen molar-refractivity contribution in [2.75, 3.05) is 0 Å². The van der Waals surface area contributed by atoms with Crippen molar-refractivity contribution in [3.8, 4) is 0 Å². The zero-order valence-electron chi connectivity index (χ0n) is 8.05. The second-order valence-electron chi connectivity index (χ2n) is 4.69. The minimum Gasteiger partial charge on any atom is -0.294 e. The minimum absolute atomic E-state index is 0.295. The second kappa shape index (κ2) is 2.21. The van der Waals surface area contributed by atoms with Crippen LogP contribution < -0.4 is 0 Å². The molecule has 0 spiro atoms. The van der Waals surface area contributed by atoms with Gasteiger partial charge in [-0.25, -0.2) is 0 Å². The van der Waals surface area contributed by atoms with Crippen molar-refractivity contribution in [1.29, 1.82) is 0 Å². The predicted octanol–water partition coefficient (Wildman–Crippen LogP) is 2.57. The molecule has 3 aliphatic rings. The first-order valence-corrected chi connectivity index (χ1v) is 4.76. The van der Waals surface area contributed by atoms with Crippen LogP contribution in [0.15, 0.2) is 11.6 Å². The van der Waals surface area contributed by atoms with Crippen LogP contribution in [-0.2, 0) is 4.79 Å². The number of carbonyl (C=O) groups excluding carboxylic acids is 1. The summed E-state index contributed by atoms with van der Waals surface area (Å²) in [5, 5.41) is 0. The lowest BCUT2D eigenvalue weighted by Gasteiger charge is -2.55. The molecular weight excluding hydrogens is 148 g/mol. The Bertz CT molecular complexity index is 260. The van der Waals surface area contributed by atoms with Gasteiger partial charge in [0, 0.05) is 5.92 Å². The highest BCUT2D eigenvalue weighted by Crippen LogP contribution is 2.58. The van der Waals surface area contributed by atoms with Gasteiger partial charge in [-0.2, -0.15) is 0 Å². The number of hydrogen-bond donors (Lipinski definition) is 0. The van der Waals surface area contributed by atoms with Gasteiger partial charge in [0.1, 0.15) is 0 Å². The first-order chi connectivity index (χ1) is 5.57. The number of hydrogen-bond acceptors (Lipinski definition) is 1. The molecular formula is C11H16O.